The van der Waals surface area contributed by atoms with Crippen LogP contribution in [0.15, 0.2) is 18.2 Å². The van der Waals surface area contributed by atoms with Crippen LogP contribution in [0.3, 0.4) is 0 Å². The van der Waals surface area contributed by atoms with E-state index in [0.717, 1.165) is 4.90 Å². The van der Waals surface area contributed by atoms with Crippen LogP contribution in [0.4, 0.5) is 0 Å². The number of imide groups is 2. The minimum absolute atomic E-state index is 0. The van der Waals surface area contributed by atoms with Gasteiger partial charge in [-0.05, 0) is 24.6 Å². The lowest BCUT2D eigenvalue weighted by molar-refractivity contribution is -0.136. The fourth-order valence-corrected chi connectivity index (χ4v) is 3.63. The van der Waals surface area contributed by atoms with Gasteiger partial charge < -0.3 is 30.0 Å². The first kappa shape index (κ1) is 30.1. The Balaban J connectivity index is 0.00000481. The van der Waals surface area contributed by atoms with Crippen LogP contribution in [0.2, 0.25) is 0 Å². The number of ether oxygens (including phenoxy) is 4. The molecule has 0 saturated carbocycles. The molecule has 0 aliphatic carbocycles. The van der Waals surface area contributed by atoms with Crippen molar-refractivity contribution in [2.75, 3.05) is 59.3 Å². The van der Waals surface area contributed by atoms with Gasteiger partial charge in [0.1, 0.15) is 11.8 Å². The van der Waals surface area contributed by atoms with Gasteiger partial charge in [0.15, 0.2) is 6.61 Å². The predicted molar refractivity (Wildman–Crippen MR) is 130 cm³/mol. The molecule has 1 unspecified atom stereocenters. The Labute approximate surface area is 219 Å². The zero-order valence-corrected chi connectivity index (χ0v) is 21.0. The molecule has 0 radical (unpaired) electrons. The highest BCUT2D eigenvalue weighted by atomic mass is 35.5. The summed E-state index contributed by atoms with van der Waals surface area (Å²) in [5, 5.41) is 4.79. The third-order valence-corrected chi connectivity index (χ3v) is 5.36. The molecule has 5 amide bonds. The molecule has 37 heavy (non-hydrogen) atoms. The summed E-state index contributed by atoms with van der Waals surface area (Å²) in [4.78, 5) is 61.9. The maximum atomic E-state index is 12.8. The second-order valence-corrected chi connectivity index (χ2v) is 7.92. The average molecular weight is 543 g/mol. The summed E-state index contributed by atoms with van der Waals surface area (Å²) in [6.45, 7) is 2.95. The molecule has 2 heterocycles. The zero-order chi connectivity index (χ0) is 25.9. The second-order valence-electron chi connectivity index (χ2n) is 7.92. The summed E-state index contributed by atoms with van der Waals surface area (Å²) in [6.07, 6.45) is 0.109. The molecule has 0 spiro atoms. The molecule has 0 bridgehead atoms. The van der Waals surface area contributed by atoms with Gasteiger partial charge in [0.25, 0.3) is 17.7 Å². The molecule has 1 aromatic carbocycles. The molecule has 14 heteroatoms. The van der Waals surface area contributed by atoms with E-state index in [1.807, 2.05) is 0 Å². The maximum Gasteiger partial charge on any atom is 0.262 e. The molecule has 2 aliphatic heterocycles. The van der Waals surface area contributed by atoms with Gasteiger partial charge in [0, 0.05) is 19.5 Å². The lowest BCUT2D eigenvalue weighted by Gasteiger charge is -2.27. The van der Waals surface area contributed by atoms with Crippen molar-refractivity contribution < 1.29 is 42.9 Å². The number of hydrogen-bond acceptors (Lipinski definition) is 10. The monoisotopic (exact) mass is 542 g/mol. The minimum Gasteiger partial charge on any atom is -0.484 e. The Bertz CT molecular complexity index is 991. The van der Waals surface area contributed by atoms with Gasteiger partial charge in [-0.25, -0.2) is 0 Å². The first-order valence-corrected chi connectivity index (χ1v) is 11.6. The third kappa shape index (κ3) is 8.47. The van der Waals surface area contributed by atoms with Crippen molar-refractivity contribution in [1.82, 2.24) is 15.5 Å². The molecule has 1 atom stereocenters. The molecule has 2 aliphatic rings. The predicted octanol–water partition coefficient (Wildman–Crippen LogP) is -0.987. The van der Waals surface area contributed by atoms with Gasteiger partial charge in [0.05, 0.1) is 50.8 Å². The number of carbonyl (C=O) groups is 5. The van der Waals surface area contributed by atoms with Crippen LogP contribution in [0.1, 0.15) is 33.6 Å². The highest BCUT2D eigenvalue weighted by molar-refractivity contribution is 6.23. The van der Waals surface area contributed by atoms with Crippen molar-refractivity contribution in [2.45, 2.75) is 18.9 Å². The van der Waals surface area contributed by atoms with Crippen LogP contribution in [0.25, 0.3) is 0 Å². The molecule has 13 nitrogen and oxygen atoms in total. The van der Waals surface area contributed by atoms with Gasteiger partial charge in [0.2, 0.25) is 11.8 Å². The van der Waals surface area contributed by atoms with Gasteiger partial charge in [-0.15, -0.1) is 12.4 Å². The van der Waals surface area contributed by atoms with Crippen molar-refractivity contribution in [1.29, 1.82) is 0 Å². The number of fused-ring (bicyclic) bond motifs is 1. The molecule has 204 valence electrons. The molecule has 4 N–H and O–H groups in total. The number of hydrogen-bond donors (Lipinski definition) is 3. The molecule has 1 saturated heterocycles. The average Bonchev–Trinajstić information content (AvgIpc) is 3.10. The number of halogens is 1. The largest absolute Gasteiger partial charge is 0.484 e. The lowest BCUT2D eigenvalue weighted by Crippen LogP contribution is -2.54. The first-order valence-electron chi connectivity index (χ1n) is 11.6. The molecule has 3 rings (SSSR count). The SMILES string of the molecule is Cl.NCCOCCOCCOCCNC(=O)COc1ccc2c(c1)C(=O)N(C1CCC(=O)NC1=O)C2=O. The maximum absolute atomic E-state index is 12.8. The zero-order valence-electron chi connectivity index (χ0n) is 20.2. The Hall–Kier alpha value is -3.10. The Morgan fingerprint density at radius 3 is 2.30 bits per heavy atom. The highest BCUT2D eigenvalue weighted by Crippen LogP contribution is 2.30. The van der Waals surface area contributed by atoms with Gasteiger partial charge >= 0.3 is 0 Å². The molecule has 1 fully saturated rings. The Morgan fingerprint density at radius 2 is 1.62 bits per heavy atom. The number of rotatable bonds is 15. The standard InChI is InChI=1S/C23H30N4O9.ClH/c24-5-7-33-9-11-35-12-10-34-8-6-25-20(29)14-36-15-1-2-16-17(13-15)23(32)27(22(16)31)18-3-4-19(28)26-21(18)30;/h1-2,13,18H,3-12,14,24H2,(H,25,29)(H,26,28,30);1H. The van der Waals surface area contributed by atoms with Gasteiger partial charge in [-0.1, -0.05) is 0 Å². The topological polar surface area (TPSA) is 176 Å². The van der Waals surface area contributed by atoms with Crippen LogP contribution < -0.4 is 21.1 Å². The fraction of sp³-hybridized carbons (Fsp3) is 0.522. The quantitative estimate of drug-likeness (QED) is 0.184. The number of nitrogens with zero attached hydrogens (tertiary/aromatic N) is 1. The van der Waals surface area contributed by atoms with Crippen molar-refractivity contribution in [3.63, 3.8) is 0 Å². The van der Waals surface area contributed by atoms with E-state index in [4.69, 9.17) is 24.7 Å². The minimum atomic E-state index is -1.05. The lowest BCUT2D eigenvalue weighted by atomic mass is 10.0. The molecular formula is C23H31ClN4O9. The van der Waals surface area contributed by atoms with Crippen molar-refractivity contribution in [3.8, 4) is 5.75 Å². The number of carbonyl (C=O) groups excluding carboxylic acids is 5. The number of piperidine rings is 1. The summed E-state index contributed by atoms with van der Waals surface area (Å²) in [5.41, 5.74) is 5.51. The highest BCUT2D eigenvalue weighted by Gasteiger charge is 2.44. The number of nitrogens with one attached hydrogen (secondary N) is 2. The van der Waals surface area contributed by atoms with E-state index < -0.39 is 29.7 Å². The Morgan fingerprint density at radius 1 is 0.973 bits per heavy atom. The molecule has 1 aromatic rings. The van der Waals surface area contributed by atoms with Crippen molar-refractivity contribution >= 4 is 41.9 Å². The third-order valence-electron chi connectivity index (χ3n) is 5.36. The normalized spacial score (nSPS) is 16.8. The van der Waals surface area contributed by atoms with E-state index in [0.29, 0.717) is 46.2 Å². The van der Waals surface area contributed by atoms with Crippen molar-refractivity contribution in [3.05, 3.63) is 29.3 Å². The van der Waals surface area contributed by atoms with Gasteiger partial charge in [-0.2, -0.15) is 0 Å². The van der Waals surface area contributed by atoms with Crippen LogP contribution in [0.5, 0.6) is 5.75 Å². The summed E-state index contributed by atoms with van der Waals surface area (Å²) >= 11 is 0. The number of nitrogens with two attached hydrogens (primary N) is 1. The fourth-order valence-electron chi connectivity index (χ4n) is 3.63. The van der Waals surface area contributed by atoms with E-state index in [9.17, 15) is 24.0 Å². The van der Waals surface area contributed by atoms with Crippen molar-refractivity contribution in [2.24, 2.45) is 5.73 Å². The number of amides is 5. The molecular weight excluding hydrogens is 512 g/mol. The number of benzene rings is 1. The first-order chi connectivity index (χ1) is 17.4. The summed E-state index contributed by atoms with van der Waals surface area (Å²) in [6, 6.07) is 3.19. The van der Waals surface area contributed by atoms with E-state index >= 15 is 0 Å². The van der Waals surface area contributed by atoms with E-state index in [2.05, 4.69) is 10.6 Å². The summed E-state index contributed by atoms with van der Waals surface area (Å²) < 4.78 is 21.3. The van der Waals surface area contributed by atoms with E-state index in [1.165, 1.54) is 18.2 Å². The Kier molecular flexibility index (Phi) is 12.4. The smallest absolute Gasteiger partial charge is 0.262 e. The van der Waals surface area contributed by atoms with Crippen LogP contribution in [0, 0.1) is 0 Å². The van der Waals surface area contributed by atoms with Gasteiger partial charge in [-0.3, -0.25) is 34.2 Å². The summed E-state index contributed by atoms with van der Waals surface area (Å²) in [7, 11) is 0. The van der Waals surface area contributed by atoms with Crippen LogP contribution in [-0.4, -0.2) is 99.8 Å². The molecule has 0 aromatic heterocycles. The van der Waals surface area contributed by atoms with Crippen LogP contribution in [-0.2, 0) is 28.6 Å². The summed E-state index contributed by atoms with van der Waals surface area (Å²) in [5.74, 6) is -2.55. The second kappa shape index (κ2) is 15.2. The van der Waals surface area contributed by atoms with E-state index in [1.54, 1.807) is 0 Å². The van der Waals surface area contributed by atoms with Crippen LogP contribution >= 0.6 is 12.4 Å². The van der Waals surface area contributed by atoms with E-state index in [-0.39, 0.29) is 61.2 Å².